The minimum atomic E-state index is -3.38. The van der Waals surface area contributed by atoms with E-state index in [2.05, 4.69) is 0 Å². The van der Waals surface area contributed by atoms with Crippen molar-refractivity contribution in [2.45, 2.75) is 6.42 Å². The lowest BCUT2D eigenvalue weighted by Gasteiger charge is -2.46. The Morgan fingerprint density at radius 1 is 1.44 bits per heavy atom. The number of nitrogens with zero attached hydrogens (tertiary/aromatic N) is 1. The fraction of sp³-hybridized carbons (Fsp3) is 1.00. The molecule has 1 heterocycles. The van der Waals surface area contributed by atoms with Gasteiger partial charge in [0, 0.05) is 6.42 Å². The zero-order chi connectivity index (χ0) is 7.12. The summed E-state index contributed by atoms with van der Waals surface area (Å²) in [5, 5.41) is 10.9. The molecule has 0 N–H and O–H groups in total. The third-order valence-corrected chi connectivity index (χ3v) is 3.18. The summed E-state index contributed by atoms with van der Waals surface area (Å²) >= 11 is 0. The molecule has 0 radical (unpaired) electrons. The van der Waals surface area contributed by atoms with Gasteiger partial charge in [0.1, 0.15) is 0 Å². The molecule has 0 amide bonds. The fourth-order valence-corrected chi connectivity index (χ4v) is 1.67. The molecule has 0 aromatic carbocycles. The van der Waals surface area contributed by atoms with Crippen molar-refractivity contribution in [1.29, 1.82) is 0 Å². The number of rotatable bonds is 1. The van der Waals surface area contributed by atoms with Crippen LogP contribution in [0.15, 0.2) is 0 Å². The van der Waals surface area contributed by atoms with Crippen LogP contribution in [0.1, 0.15) is 6.42 Å². The van der Waals surface area contributed by atoms with Crippen LogP contribution in [0.25, 0.3) is 0 Å². The summed E-state index contributed by atoms with van der Waals surface area (Å²) in [6.45, 7) is 0.470. The van der Waals surface area contributed by atoms with E-state index in [0.717, 1.165) is 12.7 Å². The standard InChI is InChI=1S/C4H9NO3S/c1-9(7,8)5(6)3-2-4-5/h2-4H2,1H3. The normalized spacial score (nSPS) is 25.1. The van der Waals surface area contributed by atoms with E-state index in [1.165, 1.54) is 0 Å². The Labute approximate surface area is 54.3 Å². The van der Waals surface area contributed by atoms with E-state index >= 15 is 0 Å². The van der Waals surface area contributed by atoms with Crippen molar-refractivity contribution in [2.24, 2.45) is 0 Å². The second-order valence-corrected chi connectivity index (χ2v) is 4.48. The molecule has 1 aliphatic rings. The van der Waals surface area contributed by atoms with Gasteiger partial charge in [0.2, 0.25) is 0 Å². The molecule has 0 spiro atoms. The monoisotopic (exact) mass is 151 g/mol. The molecule has 4 nitrogen and oxygen atoms in total. The Bertz CT molecular complexity index is 204. The highest BCUT2D eigenvalue weighted by Crippen LogP contribution is 2.22. The molecule has 0 saturated carbocycles. The first-order valence-electron chi connectivity index (χ1n) is 2.74. The smallest absolute Gasteiger partial charge is 0.293 e. The van der Waals surface area contributed by atoms with Gasteiger partial charge in [-0.25, -0.2) is 0 Å². The van der Waals surface area contributed by atoms with Crippen LogP contribution in [0, 0.1) is 5.21 Å². The quantitative estimate of drug-likeness (QED) is 0.380. The van der Waals surface area contributed by atoms with E-state index in [9.17, 15) is 13.6 Å². The summed E-state index contributed by atoms with van der Waals surface area (Å²) in [6.07, 6.45) is 1.72. The Morgan fingerprint density at radius 2 is 1.89 bits per heavy atom. The molecule has 0 atom stereocenters. The fourth-order valence-electron chi connectivity index (χ4n) is 0.748. The molecule has 5 heteroatoms. The summed E-state index contributed by atoms with van der Waals surface area (Å²) in [6, 6.07) is 0. The van der Waals surface area contributed by atoms with Gasteiger partial charge >= 0.3 is 0 Å². The van der Waals surface area contributed by atoms with Gasteiger partial charge in [-0.15, -0.1) is 0 Å². The SMILES string of the molecule is CS(=O)(=O)[N+]1([O-])CCC1. The molecule has 54 valence electrons. The van der Waals surface area contributed by atoms with Crippen LogP contribution in [0.3, 0.4) is 0 Å². The first-order valence-corrected chi connectivity index (χ1v) is 4.59. The third kappa shape index (κ3) is 0.953. The van der Waals surface area contributed by atoms with Crippen molar-refractivity contribution in [3.8, 4) is 0 Å². The van der Waals surface area contributed by atoms with Gasteiger partial charge < -0.3 is 5.21 Å². The highest BCUT2D eigenvalue weighted by atomic mass is 32.2. The Morgan fingerprint density at radius 3 is 1.89 bits per heavy atom. The number of quaternary nitrogens is 1. The van der Waals surface area contributed by atoms with Crippen molar-refractivity contribution < 1.29 is 12.5 Å². The highest BCUT2D eigenvalue weighted by Gasteiger charge is 2.35. The molecule has 1 aliphatic heterocycles. The van der Waals surface area contributed by atoms with E-state index in [0.29, 0.717) is 0 Å². The Hall–Kier alpha value is -0.130. The predicted octanol–water partition coefficient (Wildman–Crippen LogP) is -0.336. The molecule has 0 aromatic heterocycles. The summed E-state index contributed by atoms with van der Waals surface area (Å²) in [4.78, 5) is 0. The minimum absolute atomic E-state index is 0.235. The second kappa shape index (κ2) is 1.68. The van der Waals surface area contributed by atoms with E-state index < -0.39 is 14.1 Å². The number of hydrogen-bond donors (Lipinski definition) is 0. The van der Waals surface area contributed by atoms with E-state index in [1.54, 1.807) is 0 Å². The zero-order valence-corrected chi connectivity index (χ0v) is 6.02. The van der Waals surface area contributed by atoms with Gasteiger partial charge in [0.25, 0.3) is 10.0 Å². The van der Waals surface area contributed by atoms with Crippen LogP contribution in [-0.4, -0.2) is 31.8 Å². The highest BCUT2D eigenvalue weighted by molar-refractivity contribution is 7.85. The van der Waals surface area contributed by atoms with Crippen LogP contribution in [-0.2, 0) is 10.0 Å². The summed E-state index contributed by atoms with van der Waals surface area (Å²) in [7, 11) is -3.38. The average Bonchev–Trinajstić information content (AvgIpc) is 1.57. The van der Waals surface area contributed by atoms with Crippen molar-refractivity contribution in [2.75, 3.05) is 19.3 Å². The van der Waals surface area contributed by atoms with Gasteiger partial charge in [0.15, 0.2) is 0 Å². The van der Waals surface area contributed by atoms with Gasteiger partial charge in [-0.05, 0) is 0 Å². The zero-order valence-electron chi connectivity index (χ0n) is 5.20. The summed E-state index contributed by atoms with van der Waals surface area (Å²) in [5.74, 6) is 0. The van der Waals surface area contributed by atoms with E-state index in [4.69, 9.17) is 0 Å². The maximum Gasteiger partial charge on any atom is 0.293 e. The lowest BCUT2D eigenvalue weighted by Crippen LogP contribution is -2.56. The average molecular weight is 151 g/mol. The van der Waals surface area contributed by atoms with E-state index in [-0.39, 0.29) is 13.1 Å². The first kappa shape index (κ1) is 6.98. The van der Waals surface area contributed by atoms with Crippen LogP contribution >= 0.6 is 0 Å². The molecule has 0 bridgehead atoms. The maximum absolute atomic E-state index is 10.9. The van der Waals surface area contributed by atoms with Crippen LogP contribution < -0.4 is 0 Å². The van der Waals surface area contributed by atoms with Crippen LogP contribution in [0.4, 0.5) is 0 Å². The third-order valence-electron chi connectivity index (χ3n) is 1.60. The van der Waals surface area contributed by atoms with Crippen molar-refractivity contribution >= 4 is 10.0 Å². The Kier molecular flexibility index (Phi) is 1.30. The second-order valence-electron chi connectivity index (χ2n) is 2.35. The topological polar surface area (TPSA) is 57.2 Å². The molecule has 1 rings (SSSR count). The van der Waals surface area contributed by atoms with Gasteiger partial charge in [-0.2, -0.15) is 8.42 Å². The molecular formula is C4H9NO3S. The first-order chi connectivity index (χ1) is 3.96. The number of hydroxylamine groups is 2. The molecule has 0 aliphatic carbocycles. The summed E-state index contributed by atoms with van der Waals surface area (Å²) in [5.41, 5.74) is 0. The molecule has 0 unspecified atom stereocenters. The maximum atomic E-state index is 10.9. The lowest BCUT2D eigenvalue weighted by molar-refractivity contribution is -0.796. The molecule has 1 fully saturated rings. The van der Waals surface area contributed by atoms with Gasteiger partial charge in [0.05, 0.1) is 19.3 Å². The summed E-state index contributed by atoms with van der Waals surface area (Å²) < 4.78 is 20.2. The molecule has 1 saturated heterocycles. The number of sulfonamides is 1. The molecule has 0 aromatic rings. The number of hydrogen-bond acceptors (Lipinski definition) is 3. The van der Waals surface area contributed by atoms with Crippen LogP contribution in [0.5, 0.6) is 0 Å². The minimum Gasteiger partial charge on any atom is -0.617 e. The van der Waals surface area contributed by atoms with Gasteiger partial charge in [-0.3, -0.25) is 4.05 Å². The molecule has 9 heavy (non-hydrogen) atoms. The van der Waals surface area contributed by atoms with E-state index in [1.807, 2.05) is 0 Å². The van der Waals surface area contributed by atoms with Crippen molar-refractivity contribution in [3.63, 3.8) is 0 Å². The van der Waals surface area contributed by atoms with Crippen molar-refractivity contribution in [3.05, 3.63) is 5.21 Å². The largest absolute Gasteiger partial charge is 0.617 e. The van der Waals surface area contributed by atoms with Gasteiger partial charge in [-0.1, -0.05) is 0 Å². The predicted molar refractivity (Wildman–Crippen MR) is 32.8 cm³/mol. The van der Waals surface area contributed by atoms with Crippen molar-refractivity contribution in [1.82, 2.24) is 0 Å². The lowest BCUT2D eigenvalue weighted by atomic mass is 10.3. The van der Waals surface area contributed by atoms with Crippen LogP contribution in [0.2, 0.25) is 0 Å². The Balaban J connectivity index is 2.84. The molecular weight excluding hydrogens is 142 g/mol.